The number of nitrogens with zero attached hydrogens (tertiary/aromatic N) is 2. The van der Waals surface area contributed by atoms with Gasteiger partial charge in [-0.3, -0.25) is 4.79 Å². The van der Waals surface area contributed by atoms with Gasteiger partial charge in [-0.05, 0) is 17.7 Å². The average molecular weight is 257 g/mol. The highest BCUT2D eigenvalue weighted by molar-refractivity contribution is 6.99. The van der Waals surface area contributed by atoms with Crippen LogP contribution in [0.2, 0.25) is 5.02 Å². The first-order valence-corrected chi connectivity index (χ1v) is 5.52. The SMILES string of the molecule is O=C(Cc1ccc(Cl)c(F)c1)c1cnsn1. The van der Waals surface area contributed by atoms with Crippen molar-refractivity contribution in [2.75, 3.05) is 0 Å². The second kappa shape index (κ2) is 4.67. The van der Waals surface area contributed by atoms with Crippen molar-refractivity contribution in [2.45, 2.75) is 6.42 Å². The summed E-state index contributed by atoms with van der Waals surface area (Å²) < 4.78 is 20.6. The molecule has 0 bridgehead atoms. The quantitative estimate of drug-likeness (QED) is 0.793. The molecule has 2 aromatic rings. The van der Waals surface area contributed by atoms with Crippen molar-refractivity contribution in [3.63, 3.8) is 0 Å². The maximum Gasteiger partial charge on any atom is 0.188 e. The molecular weight excluding hydrogens is 251 g/mol. The highest BCUT2D eigenvalue weighted by Crippen LogP contribution is 2.16. The van der Waals surface area contributed by atoms with Crippen molar-refractivity contribution in [1.29, 1.82) is 0 Å². The molecule has 0 atom stereocenters. The fourth-order valence-corrected chi connectivity index (χ4v) is 1.76. The largest absolute Gasteiger partial charge is 0.292 e. The standard InChI is InChI=1S/C10H6ClFN2OS/c11-7-2-1-6(3-8(7)12)4-10(15)9-5-13-16-14-9/h1-3,5H,4H2. The van der Waals surface area contributed by atoms with Gasteiger partial charge in [0, 0.05) is 6.42 Å². The van der Waals surface area contributed by atoms with Crippen molar-refractivity contribution < 1.29 is 9.18 Å². The molecule has 0 aliphatic heterocycles. The van der Waals surface area contributed by atoms with Gasteiger partial charge in [0.25, 0.3) is 0 Å². The summed E-state index contributed by atoms with van der Waals surface area (Å²) in [5.41, 5.74) is 0.875. The lowest BCUT2D eigenvalue weighted by Crippen LogP contribution is -2.03. The summed E-state index contributed by atoms with van der Waals surface area (Å²) in [4.78, 5) is 11.6. The molecule has 1 aromatic heterocycles. The number of ketones is 1. The molecule has 1 aromatic carbocycles. The summed E-state index contributed by atoms with van der Waals surface area (Å²) in [6.07, 6.45) is 1.50. The van der Waals surface area contributed by atoms with Crippen LogP contribution < -0.4 is 0 Å². The zero-order valence-electron chi connectivity index (χ0n) is 7.98. The van der Waals surface area contributed by atoms with Crippen LogP contribution in [0.25, 0.3) is 0 Å². The van der Waals surface area contributed by atoms with Crippen LogP contribution in [0.5, 0.6) is 0 Å². The van der Waals surface area contributed by atoms with Gasteiger partial charge < -0.3 is 0 Å². The van der Waals surface area contributed by atoms with Crippen molar-refractivity contribution in [3.8, 4) is 0 Å². The van der Waals surface area contributed by atoms with Crippen LogP contribution in [-0.2, 0) is 6.42 Å². The van der Waals surface area contributed by atoms with Gasteiger partial charge in [-0.15, -0.1) is 0 Å². The number of carbonyl (C=O) groups is 1. The first-order valence-electron chi connectivity index (χ1n) is 4.41. The van der Waals surface area contributed by atoms with E-state index in [0.29, 0.717) is 11.3 Å². The van der Waals surface area contributed by atoms with Crippen LogP contribution >= 0.6 is 23.3 Å². The van der Waals surface area contributed by atoms with Gasteiger partial charge in [0.2, 0.25) is 0 Å². The minimum atomic E-state index is -0.525. The molecule has 0 radical (unpaired) electrons. The molecule has 0 saturated carbocycles. The van der Waals surface area contributed by atoms with Crippen molar-refractivity contribution >= 4 is 29.1 Å². The predicted octanol–water partition coefficient (Wildman–Crippen LogP) is 2.76. The summed E-state index contributed by atoms with van der Waals surface area (Å²) in [6, 6.07) is 4.29. The Morgan fingerprint density at radius 3 is 2.94 bits per heavy atom. The molecular formula is C10H6ClFN2OS. The molecule has 82 valence electrons. The Morgan fingerprint density at radius 1 is 1.50 bits per heavy atom. The van der Waals surface area contributed by atoms with E-state index in [0.717, 1.165) is 11.7 Å². The molecule has 6 heteroatoms. The average Bonchev–Trinajstić information content (AvgIpc) is 2.77. The fraction of sp³-hybridized carbons (Fsp3) is 0.100. The molecule has 3 nitrogen and oxygen atoms in total. The van der Waals surface area contributed by atoms with Gasteiger partial charge in [-0.25, -0.2) is 4.39 Å². The minimum absolute atomic E-state index is 0.0477. The Labute approximate surface area is 100 Å². The summed E-state index contributed by atoms with van der Waals surface area (Å²) in [5.74, 6) is -0.709. The van der Waals surface area contributed by atoms with Crippen LogP contribution in [0.1, 0.15) is 16.1 Å². The Kier molecular flexibility index (Phi) is 3.26. The third kappa shape index (κ3) is 2.43. The normalized spacial score (nSPS) is 10.4. The zero-order valence-corrected chi connectivity index (χ0v) is 9.56. The maximum absolute atomic E-state index is 13.1. The molecule has 0 aliphatic carbocycles. The molecule has 0 fully saturated rings. The Hall–Kier alpha value is -1.33. The van der Waals surface area contributed by atoms with E-state index in [1.807, 2.05) is 0 Å². The van der Waals surface area contributed by atoms with Gasteiger partial charge in [0.1, 0.15) is 11.5 Å². The van der Waals surface area contributed by atoms with Crippen LogP contribution in [0.4, 0.5) is 4.39 Å². The highest BCUT2D eigenvalue weighted by Gasteiger charge is 2.11. The van der Waals surface area contributed by atoms with E-state index in [-0.39, 0.29) is 17.2 Å². The highest BCUT2D eigenvalue weighted by atomic mass is 35.5. The summed E-state index contributed by atoms with van der Waals surface area (Å²) >= 11 is 6.50. The molecule has 0 aliphatic rings. The number of rotatable bonds is 3. The smallest absolute Gasteiger partial charge is 0.188 e. The Bertz CT molecular complexity index is 516. The molecule has 1 heterocycles. The van der Waals surface area contributed by atoms with Crippen LogP contribution in [0, 0.1) is 5.82 Å². The molecule has 0 amide bonds. The number of carbonyl (C=O) groups excluding carboxylic acids is 1. The van der Waals surface area contributed by atoms with Gasteiger partial charge >= 0.3 is 0 Å². The van der Waals surface area contributed by atoms with Crippen LogP contribution in [-0.4, -0.2) is 14.5 Å². The van der Waals surface area contributed by atoms with Crippen molar-refractivity contribution in [3.05, 3.63) is 46.5 Å². The fourth-order valence-electron chi connectivity index (χ4n) is 1.21. The van der Waals surface area contributed by atoms with Gasteiger partial charge in [-0.1, -0.05) is 17.7 Å². The number of halogens is 2. The van der Waals surface area contributed by atoms with Crippen molar-refractivity contribution in [2.24, 2.45) is 0 Å². The summed E-state index contributed by atoms with van der Waals surface area (Å²) in [6.45, 7) is 0. The van der Waals surface area contributed by atoms with E-state index in [4.69, 9.17) is 11.6 Å². The van der Waals surface area contributed by atoms with Crippen molar-refractivity contribution in [1.82, 2.24) is 8.75 Å². The third-order valence-electron chi connectivity index (χ3n) is 2.00. The summed E-state index contributed by atoms with van der Waals surface area (Å²) in [5, 5.41) is 0.0477. The number of hydrogen-bond acceptors (Lipinski definition) is 4. The lowest BCUT2D eigenvalue weighted by atomic mass is 10.1. The van der Waals surface area contributed by atoms with Gasteiger partial charge in [0.05, 0.1) is 22.9 Å². The first-order chi connectivity index (χ1) is 7.66. The van der Waals surface area contributed by atoms with Crippen LogP contribution in [0.15, 0.2) is 24.4 Å². The van der Waals surface area contributed by atoms with E-state index in [9.17, 15) is 9.18 Å². The van der Waals surface area contributed by atoms with Crippen LogP contribution in [0.3, 0.4) is 0 Å². The number of aromatic nitrogens is 2. The summed E-state index contributed by atoms with van der Waals surface area (Å²) in [7, 11) is 0. The minimum Gasteiger partial charge on any atom is -0.292 e. The lowest BCUT2D eigenvalue weighted by Gasteiger charge is -2.00. The molecule has 0 unspecified atom stereocenters. The lowest BCUT2D eigenvalue weighted by molar-refractivity contribution is 0.0989. The second-order valence-corrected chi connectivity index (χ2v) is 4.10. The van der Waals surface area contributed by atoms with E-state index >= 15 is 0 Å². The zero-order chi connectivity index (χ0) is 11.5. The second-order valence-electron chi connectivity index (χ2n) is 3.14. The monoisotopic (exact) mass is 256 g/mol. The molecule has 0 saturated heterocycles. The Morgan fingerprint density at radius 2 is 2.31 bits per heavy atom. The van der Waals surface area contributed by atoms with Gasteiger partial charge in [0.15, 0.2) is 5.78 Å². The molecule has 0 N–H and O–H groups in total. The van der Waals surface area contributed by atoms with E-state index in [1.54, 1.807) is 6.07 Å². The Balaban J connectivity index is 2.15. The van der Waals surface area contributed by atoms with E-state index in [1.165, 1.54) is 18.3 Å². The number of hydrogen-bond donors (Lipinski definition) is 0. The number of Topliss-reactive ketones (excluding diaryl/α,β-unsaturated/α-hetero) is 1. The topological polar surface area (TPSA) is 42.9 Å². The van der Waals surface area contributed by atoms with E-state index in [2.05, 4.69) is 8.75 Å². The van der Waals surface area contributed by atoms with E-state index < -0.39 is 5.82 Å². The molecule has 16 heavy (non-hydrogen) atoms. The number of benzene rings is 1. The third-order valence-corrected chi connectivity index (χ3v) is 2.78. The predicted molar refractivity (Wildman–Crippen MR) is 59.4 cm³/mol. The van der Waals surface area contributed by atoms with Gasteiger partial charge in [-0.2, -0.15) is 8.75 Å². The molecule has 0 spiro atoms. The first kappa shape index (κ1) is 11.2. The maximum atomic E-state index is 13.1. The molecule has 2 rings (SSSR count).